The third-order valence-corrected chi connectivity index (χ3v) is 4.45. The highest BCUT2D eigenvalue weighted by atomic mass is 35.5. The van der Waals surface area contributed by atoms with E-state index in [4.69, 9.17) is 11.6 Å². The molecule has 0 fully saturated rings. The largest absolute Gasteiger partial charge is 0.336 e. The number of alkyl halides is 1. The molecule has 0 rings (SSSR count). The lowest BCUT2D eigenvalue weighted by molar-refractivity contribution is -0.117. The van der Waals surface area contributed by atoms with Gasteiger partial charge < -0.3 is 5.32 Å². The van der Waals surface area contributed by atoms with Crippen LogP contribution in [-0.4, -0.2) is 43.8 Å². The van der Waals surface area contributed by atoms with Crippen molar-refractivity contribution >= 4 is 33.4 Å². The molecule has 0 aliphatic rings. The third kappa shape index (κ3) is 4.80. The van der Waals surface area contributed by atoms with E-state index in [1.165, 1.54) is 13.8 Å². The number of carbonyl (C=O) groups excluding carboxylic acids is 2. The molecule has 0 bridgehead atoms. The van der Waals surface area contributed by atoms with E-state index >= 15 is 0 Å². The molecule has 0 saturated carbocycles. The zero-order valence-corrected chi connectivity index (χ0v) is 10.9. The van der Waals surface area contributed by atoms with Crippen molar-refractivity contribution in [2.24, 2.45) is 0 Å². The topological polar surface area (TPSA) is 92.3 Å². The van der Waals surface area contributed by atoms with E-state index < -0.39 is 26.5 Å². The average molecular weight is 271 g/mol. The van der Waals surface area contributed by atoms with Crippen LogP contribution >= 0.6 is 11.6 Å². The number of carbonyl (C=O) groups is 2. The Bertz CT molecular complexity index is 377. The second kappa shape index (κ2) is 5.49. The predicted octanol–water partition coefficient (Wildman–Crippen LogP) is -0.126. The summed E-state index contributed by atoms with van der Waals surface area (Å²) < 4.78 is 21.5. The van der Waals surface area contributed by atoms with Crippen molar-refractivity contribution in [2.75, 3.05) is 18.7 Å². The number of hydrogen-bond donors (Lipinski definition) is 2. The van der Waals surface area contributed by atoms with E-state index in [9.17, 15) is 18.0 Å². The van der Waals surface area contributed by atoms with E-state index in [-0.39, 0.29) is 12.4 Å². The fraction of sp³-hybridized carbons (Fsp3) is 0.750. The van der Waals surface area contributed by atoms with Gasteiger partial charge in [-0.05, 0) is 13.8 Å². The Kier molecular flexibility index (Phi) is 5.21. The lowest BCUT2D eigenvalue weighted by Gasteiger charge is -2.22. The number of nitrogens with one attached hydrogen (secondary N) is 2. The lowest BCUT2D eigenvalue weighted by Crippen LogP contribution is -2.48. The molecule has 0 aromatic heterocycles. The van der Waals surface area contributed by atoms with Gasteiger partial charge in [0, 0.05) is 12.8 Å². The van der Waals surface area contributed by atoms with E-state index in [0.29, 0.717) is 0 Å². The Balaban J connectivity index is 4.27. The van der Waals surface area contributed by atoms with Crippen molar-refractivity contribution < 1.29 is 18.0 Å². The number of amides is 3. The number of urea groups is 1. The molecule has 0 radical (unpaired) electrons. The summed E-state index contributed by atoms with van der Waals surface area (Å²) in [5.74, 6) is -0.973. The van der Waals surface area contributed by atoms with Crippen molar-refractivity contribution in [3.05, 3.63) is 0 Å². The van der Waals surface area contributed by atoms with E-state index in [2.05, 4.69) is 5.32 Å². The van der Waals surface area contributed by atoms with Gasteiger partial charge >= 0.3 is 6.03 Å². The van der Waals surface area contributed by atoms with Gasteiger partial charge in [-0.1, -0.05) is 0 Å². The van der Waals surface area contributed by atoms with Crippen LogP contribution in [0.15, 0.2) is 0 Å². The molecule has 0 aromatic carbocycles. The number of imide groups is 1. The molecule has 0 aromatic rings. The molecule has 0 heterocycles. The SMILES string of the molecule is CC(C)(CNC(=O)NC(=O)CCl)S(C)(=O)=O. The summed E-state index contributed by atoms with van der Waals surface area (Å²) in [5, 5.41) is 4.22. The van der Waals surface area contributed by atoms with Crippen molar-refractivity contribution in [3.63, 3.8) is 0 Å². The predicted molar refractivity (Wildman–Crippen MR) is 61.2 cm³/mol. The first-order chi connectivity index (χ1) is 7.10. The van der Waals surface area contributed by atoms with Gasteiger partial charge in [-0.3, -0.25) is 10.1 Å². The standard InChI is InChI=1S/C8H15ClN2O4S/c1-8(2,16(3,14)15)5-10-7(13)11-6(12)4-9/h4-5H2,1-3H3,(H2,10,11,12,13). The van der Waals surface area contributed by atoms with E-state index in [0.717, 1.165) is 6.26 Å². The van der Waals surface area contributed by atoms with Gasteiger partial charge in [0.1, 0.15) is 5.88 Å². The Hall–Kier alpha value is -0.820. The Morgan fingerprint density at radius 2 is 1.81 bits per heavy atom. The number of rotatable bonds is 4. The smallest absolute Gasteiger partial charge is 0.321 e. The Morgan fingerprint density at radius 3 is 2.19 bits per heavy atom. The number of halogens is 1. The molecular weight excluding hydrogens is 256 g/mol. The Morgan fingerprint density at radius 1 is 1.31 bits per heavy atom. The van der Waals surface area contributed by atoms with E-state index in [1.54, 1.807) is 0 Å². The number of hydrogen-bond acceptors (Lipinski definition) is 4. The summed E-state index contributed by atoms with van der Waals surface area (Å²) in [5.41, 5.74) is 0. The molecule has 16 heavy (non-hydrogen) atoms. The van der Waals surface area contributed by atoms with Gasteiger partial charge in [0.15, 0.2) is 9.84 Å². The maximum atomic E-state index is 11.3. The highest BCUT2D eigenvalue weighted by Crippen LogP contribution is 2.12. The van der Waals surface area contributed by atoms with Gasteiger partial charge in [-0.25, -0.2) is 13.2 Å². The second-order valence-electron chi connectivity index (χ2n) is 3.90. The minimum absolute atomic E-state index is 0.0900. The van der Waals surface area contributed by atoms with Gasteiger partial charge in [0.05, 0.1) is 4.75 Å². The van der Waals surface area contributed by atoms with Crippen LogP contribution in [0.3, 0.4) is 0 Å². The second-order valence-corrected chi connectivity index (χ2v) is 6.81. The van der Waals surface area contributed by atoms with Crippen molar-refractivity contribution in [1.29, 1.82) is 0 Å². The first-order valence-electron chi connectivity index (χ1n) is 4.43. The minimum atomic E-state index is -3.29. The third-order valence-electron chi connectivity index (χ3n) is 2.05. The number of sulfone groups is 1. The summed E-state index contributed by atoms with van der Waals surface area (Å²) in [6.07, 6.45) is 1.08. The normalized spacial score (nSPS) is 12.0. The fourth-order valence-corrected chi connectivity index (χ4v) is 1.03. The van der Waals surface area contributed by atoms with Gasteiger partial charge in [0.2, 0.25) is 5.91 Å². The minimum Gasteiger partial charge on any atom is -0.336 e. The fourth-order valence-electron chi connectivity index (χ4n) is 0.628. The first kappa shape index (κ1) is 15.2. The summed E-state index contributed by atoms with van der Waals surface area (Å²) in [6, 6.07) is -0.762. The highest BCUT2D eigenvalue weighted by molar-refractivity contribution is 7.92. The van der Waals surface area contributed by atoms with Crippen LogP contribution in [0.5, 0.6) is 0 Å². The summed E-state index contributed by atoms with van der Waals surface area (Å²) in [6.45, 7) is 2.87. The molecule has 0 atom stereocenters. The molecule has 0 aliphatic heterocycles. The molecule has 3 amide bonds. The van der Waals surface area contributed by atoms with Crippen molar-refractivity contribution in [3.8, 4) is 0 Å². The Labute approximate surface area is 99.6 Å². The van der Waals surface area contributed by atoms with E-state index in [1.807, 2.05) is 5.32 Å². The van der Waals surface area contributed by atoms with Crippen LogP contribution in [0, 0.1) is 0 Å². The van der Waals surface area contributed by atoms with Gasteiger partial charge in [0.25, 0.3) is 0 Å². The van der Waals surface area contributed by atoms with Crippen LogP contribution in [0.25, 0.3) is 0 Å². The molecule has 8 heteroatoms. The molecule has 0 saturated heterocycles. The molecule has 6 nitrogen and oxygen atoms in total. The average Bonchev–Trinajstić information content (AvgIpc) is 2.13. The van der Waals surface area contributed by atoms with Crippen LogP contribution < -0.4 is 10.6 Å². The molecule has 94 valence electrons. The van der Waals surface area contributed by atoms with Crippen LogP contribution in [0.4, 0.5) is 4.79 Å². The lowest BCUT2D eigenvalue weighted by atomic mass is 10.2. The van der Waals surface area contributed by atoms with Crippen molar-refractivity contribution in [1.82, 2.24) is 10.6 Å². The molecule has 0 unspecified atom stereocenters. The van der Waals surface area contributed by atoms with Crippen LogP contribution in [0.1, 0.15) is 13.8 Å². The molecule has 0 aliphatic carbocycles. The molecule has 0 spiro atoms. The first-order valence-corrected chi connectivity index (χ1v) is 6.86. The van der Waals surface area contributed by atoms with Gasteiger partial charge in [-0.2, -0.15) is 0 Å². The molecular formula is C8H15ClN2O4S. The molecule has 2 N–H and O–H groups in total. The summed E-state index contributed by atoms with van der Waals surface area (Å²) in [4.78, 5) is 21.8. The van der Waals surface area contributed by atoms with Crippen molar-refractivity contribution in [2.45, 2.75) is 18.6 Å². The van der Waals surface area contributed by atoms with Crippen LogP contribution in [0.2, 0.25) is 0 Å². The maximum absolute atomic E-state index is 11.3. The van der Waals surface area contributed by atoms with Crippen LogP contribution in [-0.2, 0) is 14.6 Å². The van der Waals surface area contributed by atoms with Gasteiger partial charge in [-0.15, -0.1) is 11.6 Å². The zero-order valence-electron chi connectivity index (χ0n) is 9.33. The summed E-state index contributed by atoms with van der Waals surface area (Å²) >= 11 is 5.17. The maximum Gasteiger partial charge on any atom is 0.321 e. The zero-order chi connectivity index (χ0) is 13.0. The summed E-state index contributed by atoms with van der Waals surface area (Å²) in [7, 11) is -3.29. The monoisotopic (exact) mass is 270 g/mol. The quantitative estimate of drug-likeness (QED) is 0.696. The highest BCUT2D eigenvalue weighted by Gasteiger charge is 2.30.